The molecule has 0 bridgehead atoms. The van der Waals surface area contributed by atoms with Crippen LogP contribution >= 0.6 is 0 Å². The van der Waals surface area contributed by atoms with E-state index in [1.54, 1.807) is 19.4 Å². The zero-order valence-corrected chi connectivity index (χ0v) is 9.28. The Morgan fingerprint density at radius 1 is 1.25 bits per heavy atom. The Hall–Kier alpha value is -2.03. The Morgan fingerprint density at radius 2 is 2.06 bits per heavy atom. The summed E-state index contributed by atoms with van der Waals surface area (Å²) in [6, 6.07) is 9.33. The summed E-state index contributed by atoms with van der Waals surface area (Å²) in [6.45, 7) is 1.96. The molecule has 1 heterocycles. The van der Waals surface area contributed by atoms with Gasteiger partial charge in [-0.3, -0.25) is 4.79 Å². The van der Waals surface area contributed by atoms with Crippen LogP contribution in [0.2, 0.25) is 0 Å². The van der Waals surface area contributed by atoms with E-state index in [4.69, 9.17) is 4.74 Å². The first-order chi connectivity index (χ1) is 7.72. The zero-order valence-electron chi connectivity index (χ0n) is 9.28. The van der Waals surface area contributed by atoms with Crippen molar-refractivity contribution < 1.29 is 4.74 Å². The molecular formula is C13H13NO2. The van der Waals surface area contributed by atoms with E-state index in [9.17, 15) is 4.79 Å². The molecule has 0 unspecified atom stereocenters. The number of rotatable bonds is 2. The molecule has 0 radical (unpaired) electrons. The lowest BCUT2D eigenvalue weighted by atomic mass is 10.0. The molecule has 0 saturated carbocycles. The Balaban J connectivity index is 2.54. The summed E-state index contributed by atoms with van der Waals surface area (Å²) in [5, 5.41) is 0. The lowest BCUT2D eigenvalue weighted by Gasteiger charge is -2.06. The van der Waals surface area contributed by atoms with E-state index in [1.165, 1.54) is 0 Å². The molecule has 2 rings (SSSR count). The molecule has 0 aliphatic heterocycles. The maximum absolute atomic E-state index is 11.6. The van der Waals surface area contributed by atoms with E-state index in [0.29, 0.717) is 5.56 Å². The van der Waals surface area contributed by atoms with Crippen molar-refractivity contribution in [2.45, 2.75) is 6.92 Å². The first-order valence-corrected chi connectivity index (χ1v) is 5.05. The van der Waals surface area contributed by atoms with Crippen molar-refractivity contribution in [3.63, 3.8) is 0 Å². The predicted octanol–water partition coefficient (Wildman–Crippen LogP) is 2.36. The molecule has 0 atom stereocenters. The summed E-state index contributed by atoms with van der Waals surface area (Å²) < 4.78 is 5.18. The monoisotopic (exact) mass is 215 g/mol. The number of aromatic nitrogens is 1. The van der Waals surface area contributed by atoms with Gasteiger partial charge in [-0.05, 0) is 42.3 Å². The first kappa shape index (κ1) is 10.5. The lowest BCUT2D eigenvalue weighted by Crippen LogP contribution is -2.06. The van der Waals surface area contributed by atoms with Gasteiger partial charge in [0.25, 0.3) is 5.56 Å². The predicted molar refractivity (Wildman–Crippen MR) is 63.8 cm³/mol. The van der Waals surface area contributed by atoms with Gasteiger partial charge in [0.15, 0.2) is 0 Å². The number of ether oxygens (including phenoxy) is 1. The quantitative estimate of drug-likeness (QED) is 0.835. The van der Waals surface area contributed by atoms with Crippen LogP contribution in [0.25, 0.3) is 11.1 Å². The SMILES string of the molecule is COc1ccc(-c2ccc[nH]c2=O)cc1C. The van der Waals surface area contributed by atoms with Gasteiger partial charge in [0.05, 0.1) is 7.11 Å². The molecule has 0 amide bonds. The summed E-state index contributed by atoms with van der Waals surface area (Å²) in [5.41, 5.74) is 2.52. The van der Waals surface area contributed by atoms with Crippen LogP contribution in [0.5, 0.6) is 5.75 Å². The first-order valence-electron chi connectivity index (χ1n) is 5.05. The van der Waals surface area contributed by atoms with Crippen LogP contribution in [0.4, 0.5) is 0 Å². The number of hydrogen-bond donors (Lipinski definition) is 1. The van der Waals surface area contributed by atoms with E-state index in [1.807, 2.05) is 31.2 Å². The van der Waals surface area contributed by atoms with Crippen molar-refractivity contribution in [3.8, 4) is 16.9 Å². The summed E-state index contributed by atoms with van der Waals surface area (Å²) in [5.74, 6) is 0.830. The van der Waals surface area contributed by atoms with Crippen molar-refractivity contribution in [1.29, 1.82) is 0 Å². The number of aromatic amines is 1. The molecule has 1 N–H and O–H groups in total. The van der Waals surface area contributed by atoms with Crippen LogP contribution in [0, 0.1) is 6.92 Å². The average Bonchev–Trinajstić information content (AvgIpc) is 2.29. The standard InChI is InChI=1S/C13H13NO2/c1-9-8-10(5-6-12(9)16-2)11-4-3-7-14-13(11)15/h3-8H,1-2H3,(H,14,15). The summed E-state index contributed by atoms with van der Waals surface area (Å²) in [6.07, 6.45) is 1.63. The van der Waals surface area contributed by atoms with E-state index in [0.717, 1.165) is 16.9 Å². The summed E-state index contributed by atoms with van der Waals surface area (Å²) in [4.78, 5) is 14.3. The van der Waals surface area contributed by atoms with Gasteiger partial charge in [0, 0.05) is 11.8 Å². The van der Waals surface area contributed by atoms with Crippen molar-refractivity contribution in [2.75, 3.05) is 7.11 Å². The molecule has 82 valence electrons. The number of pyridine rings is 1. The van der Waals surface area contributed by atoms with Crippen LogP contribution < -0.4 is 10.3 Å². The molecular weight excluding hydrogens is 202 g/mol. The molecule has 0 fully saturated rings. The second-order valence-corrected chi connectivity index (χ2v) is 3.60. The highest BCUT2D eigenvalue weighted by Gasteiger charge is 2.04. The number of methoxy groups -OCH3 is 1. The minimum absolute atomic E-state index is 0.0768. The minimum Gasteiger partial charge on any atom is -0.496 e. The highest BCUT2D eigenvalue weighted by Crippen LogP contribution is 2.23. The van der Waals surface area contributed by atoms with E-state index in [-0.39, 0.29) is 5.56 Å². The fourth-order valence-corrected chi connectivity index (χ4v) is 1.69. The fraction of sp³-hybridized carbons (Fsp3) is 0.154. The van der Waals surface area contributed by atoms with Gasteiger partial charge in [0.1, 0.15) is 5.75 Å². The molecule has 0 aliphatic carbocycles. The van der Waals surface area contributed by atoms with E-state index >= 15 is 0 Å². The number of hydrogen-bond acceptors (Lipinski definition) is 2. The van der Waals surface area contributed by atoms with Gasteiger partial charge >= 0.3 is 0 Å². The highest BCUT2D eigenvalue weighted by atomic mass is 16.5. The van der Waals surface area contributed by atoms with Crippen LogP contribution in [0.15, 0.2) is 41.3 Å². The molecule has 0 saturated heterocycles. The Morgan fingerprint density at radius 3 is 2.69 bits per heavy atom. The molecule has 0 spiro atoms. The van der Waals surface area contributed by atoms with Crippen LogP contribution in [-0.4, -0.2) is 12.1 Å². The van der Waals surface area contributed by atoms with E-state index < -0.39 is 0 Å². The topological polar surface area (TPSA) is 42.1 Å². The van der Waals surface area contributed by atoms with Crippen LogP contribution in [-0.2, 0) is 0 Å². The second kappa shape index (κ2) is 4.23. The van der Waals surface area contributed by atoms with Gasteiger partial charge in [-0.1, -0.05) is 6.07 Å². The van der Waals surface area contributed by atoms with Crippen molar-refractivity contribution >= 4 is 0 Å². The van der Waals surface area contributed by atoms with Crippen LogP contribution in [0.3, 0.4) is 0 Å². The third-order valence-electron chi connectivity index (χ3n) is 2.52. The summed E-state index contributed by atoms with van der Waals surface area (Å²) in [7, 11) is 1.64. The number of aryl methyl sites for hydroxylation is 1. The maximum Gasteiger partial charge on any atom is 0.255 e. The van der Waals surface area contributed by atoms with Crippen LogP contribution in [0.1, 0.15) is 5.56 Å². The third kappa shape index (κ3) is 1.84. The van der Waals surface area contributed by atoms with Crippen molar-refractivity contribution in [2.24, 2.45) is 0 Å². The minimum atomic E-state index is -0.0768. The molecule has 1 aromatic carbocycles. The highest BCUT2D eigenvalue weighted by molar-refractivity contribution is 5.64. The number of H-pyrrole nitrogens is 1. The molecule has 16 heavy (non-hydrogen) atoms. The third-order valence-corrected chi connectivity index (χ3v) is 2.52. The largest absolute Gasteiger partial charge is 0.496 e. The second-order valence-electron chi connectivity index (χ2n) is 3.60. The van der Waals surface area contributed by atoms with E-state index in [2.05, 4.69) is 4.98 Å². The van der Waals surface area contributed by atoms with Gasteiger partial charge < -0.3 is 9.72 Å². The average molecular weight is 215 g/mol. The van der Waals surface area contributed by atoms with Gasteiger partial charge in [-0.15, -0.1) is 0 Å². The normalized spacial score (nSPS) is 10.1. The number of nitrogens with one attached hydrogen (secondary N) is 1. The number of benzene rings is 1. The molecule has 0 aliphatic rings. The van der Waals surface area contributed by atoms with Gasteiger partial charge in [-0.2, -0.15) is 0 Å². The van der Waals surface area contributed by atoms with Gasteiger partial charge in [0.2, 0.25) is 0 Å². The van der Waals surface area contributed by atoms with Gasteiger partial charge in [-0.25, -0.2) is 0 Å². The lowest BCUT2D eigenvalue weighted by molar-refractivity contribution is 0.412. The van der Waals surface area contributed by atoms with Crippen molar-refractivity contribution in [1.82, 2.24) is 4.98 Å². The molecule has 2 aromatic rings. The smallest absolute Gasteiger partial charge is 0.255 e. The summed E-state index contributed by atoms with van der Waals surface area (Å²) >= 11 is 0. The molecule has 3 nitrogen and oxygen atoms in total. The van der Waals surface area contributed by atoms with Crippen molar-refractivity contribution in [3.05, 3.63) is 52.4 Å². The molecule has 1 aromatic heterocycles. The Labute approximate surface area is 93.7 Å². The Kier molecular flexibility index (Phi) is 2.77. The zero-order chi connectivity index (χ0) is 11.5. The molecule has 3 heteroatoms. The fourth-order valence-electron chi connectivity index (χ4n) is 1.69. The maximum atomic E-state index is 11.6. The Bertz CT molecular complexity index is 558.